The summed E-state index contributed by atoms with van der Waals surface area (Å²) in [6, 6.07) is 5.90. The van der Waals surface area contributed by atoms with Gasteiger partial charge in [0.2, 0.25) is 5.91 Å². The van der Waals surface area contributed by atoms with Gasteiger partial charge in [0, 0.05) is 12.5 Å². The lowest BCUT2D eigenvalue weighted by Crippen LogP contribution is -2.56. The summed E-state index contributed by atoms with van der Waals surface area (Å²) >= 11 is 0. The molecule has 21 heavy (non-hydrogen) atoms. The maximum atomic E-state index is 11.6. The average Bonchev–Trinajstić information content (AvgIpc) is 2.39. The Bertz CT molecular complexity index is 488. The van der Waals surface area contributed by atoms with Crippen molar-refractivity contribution in [3.63, 3.8) is 0 Å². The molecule has 1 rings (SSSR count). The Kier molecular flexibility index (Phi) is 6.03. The summed E-state index contributed by atoms with van der Waals surface area (Å²) in [5, 5.41) is 3.19. The standard InChI is InChI=1S/C16H26N2O3/c1-11(2)18-16(4,15(17)19)8-9-21-13-7-6-12(3)10-14(13)20-5/h6-7,10-11,18H,8-9H2,1-5H3,(H2,17,19). The predicted molar refractivity (Wildman–Crippen MR) is 83.7 cm³/mol. The van der Waals surface area contributed by atoms with Crippen LogP contribution >= 0.6 is 0 Å². The number of primary amides is 1. The summed E-state index contributed by atoms with van der Waals surface area (Å²) < 4.78 is 11.0. The lowest BCUT2D eigenvalue weighted by atomic mass is 9.96. The minimum Gasteiger partial charge on any atom is -0.493 e. The van der Waals surface area contributed by atoms with Crippen LogP contribution in [-0.4, -0.2) is 31.2 Å². The topological polar surface area (TPSA) is 73.6 Å². The molecule has 1 unspecified atom stereocenters. The lowest BCUT2D eigenvalue weighted by molar-refractivity contribution is -0.124. The molecule has 5 nitrogen and oxygen atoms in total. The molecule has 0 saturated carbocycles. The molecule has 0 aliphatic rings. The molecule has 118 valence electrons. The first kappa shape index (κ1) is 17.3. The van der Waals surface area contributed by atoms with Crippen molar-refractivity contribution in [1.29, 1.82) is 0 Å². The zero-order valence-corrected chi connectivity index (χ0v) is 13.5. The van der Waals surface area contributed by atoms with Gasteiger partial charge in [-0.1, -0.05) is 6.07 Å². The number of benzene rings is 1. The summed E-state index contributed by atoms with van der Waals surface area (Å²) in [4.78, 5) is 11.6. The molecule has 1 aromatic carbocycles. The molecule has 0 bridgehead atoms. The molecule has 0 fully saturated rings. The highest BCUT2D eigenvalue weighted by Gasteiger charge is 2.31. The normalized spacial score (nSPS) is 13.8. The molecule has 0 spiro atoms. The van der Waals surface area contributed by atoms with E-state index in [1.54, 1.807) is 14.0 Å². The third-order valence-corrected chi connectivity index (χ3v) is 3.33. The van der Waals surface area contributed by atoms with Crippen molar-refractivity contribution < 1.29 is 14.3 Å². The largest absolute Gasteiger partial charge is 0.493 e. The number of amides is 1. The number of methoxy groups -OCH3 is 1. The molecule has 0 aliphatic carbocycles. The zero-order valence-electron chi connectivity index (χ0n) is 13.5. The van der Waals surface area contributed by atoms with Crippen LogP contribution in [-0.2, 0) is 4.79 Å². The number of carbonyl (C=O) groups is 1. The van der Waals surface area contributed by atoms with Crippen LogP contribution in [0, 0.1) is 6.92 Å². The number of nitrogens with two attached hydrogens (primary N) is 1. The summed E-state index contributed by atoms with van der Waals surface area (Å²) in [7, 11) is 1.61. The van der Waals surface area contributed by atoms with Gasteiger partial charge in [0.25, 0.3) is 0 Å². The van der Waals surface area contributed by atoms with Crippen LogP contribution in [0.1, 0.15) is 32.8 Å². The Morgan fingerprint density at radius 3 is 2.57 bits per heavy atom. The van der Waals surface area contributed by atoms with Gasteiger partial charge in [0.15, 0.2) is 11.5 Å². The summed E-state index contributed by atoms with van der Waals surface area (Å²) in [5.41, 5.74) is 5.81. The van der Waals surface area contributed by atoms with E-state index in [1.807, 2.05) is 39.0 Å². The predicted octanol–water partition coefficient (Wildman–Crippen LogP) is 2.01. The van der Waals surface area contributed by atoms with Crippen molar-refractivity contribution >= 4 is 5.91 Å². The highest BCUT2D eigenvalue weighted by molar-refractivity contribution is 5.84. The van der Waals surface area contributed by atoms with Crippen LogP contribution in [0.4, 0.5) is 0 Å². The molecule has 1 amide bonds. The Balaban J connectivity index is 2.68. The fourth-order valence-electron chi connectivity index (χ4n) is 2.16. The molecule has 0 radical (unpaired) electrons. The highest BCUT2D eigenvalue weighted by Crippen LogP contribution is 2.28. The third kappa shape index (κ3) is 4.93. The molecule has 0 aliphatic heterocycles. The van der Waals surface area contributed by atoms with E-state index in [2.05, 4.69) is 5.32 Å². The summed E-state index contributed by atoms with van der Waals surface area (Å²) in [6.07, 6.45) is 0.484. The minimum atomic E-state index is -0.786. The first-order valence-electron chi connectivity index (χ1n) is 7.13. The number of carbonyl (C=O) groups excluding carboxylic acids is 1. The van der Waals surface area contributed by atoms with Crippen LogP contribution in [0.2, 0.25) is 0 Å². The zero-order chi connectivity index (χ0) is 16.0. The SMILES string of the molecule is COc1cc(C)ccc1OCCC(C)(NC(C)C)C(N)=O. The molecule has 1 aromatic rings. The van der Waals surface area contributed by atoms with Gasteiger partial charge in [-0.2, -0.15) is 0 Å². The number of hydrogen-bond acceptors (Lipinski definition) is 4. The number of ether oxygens (including phenoxy) is 2. The maximum absolute atomic E-state index is 11.6. The van der Waals surface area contributed by atoms with Gasteiger partial charge in [0.1, 0.15) is 0 Å². The van der Waals surface area contributed by atoms with E-state index in [4.69, 9.17) is 15.2 Å². The Morgan fingerprint density at radius 1 is 1.38 bits per heavy atom. The van der Waals surface area contributed by atoms with E-state index in [0.29, 0.717) is 24.5 Å². The second kappa shape index (κ2) is 7.31. The van der Waals surface area contributed by atoms with Crippen LogP contribution in [0.15, 0.2) is 18.2 Å². The van der Waals surface area contributed by atoms with E-state index >= 15 is 0 Å². The Morgan fingerprint density at radius 2 is 2.05 bits per heavy atom. The second-order valence-electron chi connectivity index (χ2n) is 5.75. The van der Waals surface area contributed by atoms with E-state index in [1.165, 1.54) is 0 Å². The van der Waals surface area contributed by atoms with E-state index < -0.39 is 5.54 Å². The molecular formula is C16H26N2O3. The van der Waals surface area contributed by atoms with E-state index in [0.717, 1.165) is 5.56 Å². The third-order valence-electron chi connectivity index (χ3n) is 3.33. The van der Waals surface area contributed by atoms with E-state index in [9.17, 15) is 4.79 Å². The first-order valence-corrected chi connectivity index (χ1v) is 7.13. The highest BCUT2D eigenvalue weighted by atomic mass is 16.5. The Hall–Kier alpha value is -1.75. The van der Waals surface area contributed by atoms with Gasteiger partial charge in [-0.15, -0.1) is 0 Å². The molecule has 0 heterocycles. The smallest absolute Gasteiger partial charge is 0.237 e. The molecule has 0 aromatic heterocycles. The maximum Gasteiger partial charge on any atom is 0.237 e. The Labute approximate surface area is 126 Å². The monoisotopic (exact) mass is 294 g/mol. The van der Waals surface area contributed by atoms with Crippen molar-refractivity contribution in [2.24, 2.45) is 5.73 Å². The molecule has 1 atom stereocenters. The molecule has 3 N–H and O–H groups in total. The number of nitrogens with one attached hydrogen (secondary N) is 1. The van der Waals surface area contributed by atoms with Crippen molar-refractivity contribution in [2.45, 2.75) is 45.7 Å². The molecule has 5 heteroatoms. The number of hydrogen-bond donors (Lipinski definition) is 2. The van der Waals surface area contributed by atoms with Crippen LogP contribution < -0.4 is 20.5 Å². The van der Waals surface area contributed by atoms with Crippen LogP contribution in [0.5, 0.6) is 11.5 Å². The summed E-state index contributed by atoms with van der Waals surface area (Å²) in [6.45, 7) is 8.11. The quantitative estimate of drug-likeness (QED) is 0.769. The van der Waals surface area contributed by atoms with Gasteiger partial charge < -0.3 is 20.5 Å². The van der Waals surface area contributed by atoms with Crippen molar-refractivity contribution in [3.05, 3.63) is 23.8 Å². The lowest BCUT2D eigenvalue weighted by Gasteiger charge is -2.29. The molecular weight excluding hydrogens is 268 g/mol. The fraction of sp³-hybridized carbons (Fsp3) is 0.562. The fourth-order valence-corrected chi connectivity index (χ4v) is 2.16. The van der Waals surface area contributed by atoms with Gasteiger partial charge in [0.05, 0.1) is 19.3 Å². The van der Waals surface area contributed by atoms with E-state index in [-0.39, 0.29) is 11.9 Å². The van der Waals surface area contributed by atoms with Crippen LogP contribution in [0.25, 0.3) is 0 Å². The minimum absolute atomic E-state index is 0.163. The van der Waals surface area contributed by atoms with Gasteiger partial charge in [-0.25, -0.2) is 0 Å². The van der Waals surface area contributed by atoms with Crippen LogP contribution in [0.3, 0.4) is 0 Å². The molecule has 0 saturated heterocycles. The second-order valence-corrected chi connectivity index (χ2v) is 5.75. The number of rotatable bonds is 8. The first-order chi connectivity index (χ1) is 9.78. The average molecular weight is 294 g/mol. The van der Waals surface area contributed by atoms with Gasteiger partial charge in [-0.05, 0) is 45.4 Å². The van der Waals surface area contributed by atoms with Gasteiger partial charge in [-0.3, -0.25) is 4.79 Å². The van der Waals surface area contributed by atoms with Crippen molar-refractivity contribution in [1.82, 2.24) is 5.32 Å². The van der Waals surface area contributed by atoms with Crippen molar-refractivity contribution in [2.75, 3.05) is 13.7 Å². The number of aryl methyl sites for hydroxylation is 1. The summed E-state index contributed by atoms with van der Waals surface area (Å²) in [5.74, 6) is 0.975. The van der Waals surface area contributed by atoms with Gasteiger partial charge >= 0.3 is 0 Å². The van der Waals surface area contributed by atoms with Crippen molar-refractivity contribution in [3.8, 4) is 11.5 Å².